The van der Waals surface area contributed by atoms with Crippen molar-refractivity contribution in [1.29, 1.82) is 0 Å². The highest BCUT2D eigenvalue weighted by Crippen LogP contribution is 2.22. The summed E-state index contributed by atoms with van der Waals surface area (Å²) in [6.45, 7) is 9.73. The molecule has 2 aromatic heterocycles. The van der Waals surface area contributed by atoms with E-state index in [9.17, 15) is 4.79 Å². The van der Waals surface area contributed by atoms with Crippen LogP contribution in [0.15, 0.2) is 6.07 Å². The van der Waals surface area contributed by atoms with Gasteiger partial charge >= 0.3 is 0 Å². The summed E-state index contributed by atoms with van der Waals surface area (Å²) in [5.41, 5.74) is 5.29. The number of hydrogen-bond acceptors (Lipinski definition) is 3. The third kappa shape index (κ3) is 3.09. The number of nitrogens with zero attached hydrogens (tertiary/aromatic N) is 5. The summed E-state index contributed by atoms with van der Waals surface area (Å²) in [7, 11) is 1.93. The SMILES string of the molecule is Cc1cc(C)n(CC2CCCN2C(=O)Cc2c(C)nn(C)c2C)n1. The Balaban J connectivity index is 1.73. The third-order valence-electron chi connectivity index (χ3n) is 5.17. The molecular weight excluding hydrogens is 302 g/mol. The number of rotatable bonds is 4. The molecule has 1 amide bonds. The molecule has 2 aromatic rings. The van der Waals surface area contributed by atoms with E-state index in [0.29, 0.717) is 6.42 Å². The van der Waals surface area contributed by atoms with Crippen LogP contribution in [0.5, 0.6) is 0 Å². The van der Waals surface area contributed by atoms with Gasteiger partial charge in [-0.2, -0.15) is 10.2 Å². The molecule has 6 nitrogen and oxygen atoms in total. The Labute approximate surface area is 143 Å². The molecule has 0 aromatic carbocycles. The first-order chi connectivity index (χ1) is 11.4. The number of aryl methyl sites for hydroxylation is 4. The first-order valence-corrected chi connectivity index (χ1v) is 8.66. The molecule has 0 N–H and O–H groups in total. The Hall–Kier alpha value is -2.11. The van der Waals surface area contributed by atoms with Gasteiger partial charge in [-0.15, -0.1) is 0 Å². The van der Waals surface area contributed by atoms with Crippen molar-refractivity contribution in [1.82, 2.24) is 24.5 Å². The zero-order valence-corrected chi connectivity index (χ0v) is 15.3. The van der Waals surface area contributed by atoms with Crippen LogP contribution in [-0.4, -0.2) is 43.0 Å². The van der Waals surface area contributed by atoms with Gasteiger partial charge in [-0.05, 0) is 46.6 Å². The van der Waals surface area contributed by atoms with E-state index < -0.39 is 0 Å². The fourth-order valence-corrected chi connectivity index (χ4v) is 3.74. The van der Waals surface area contributed by atoms with Crippen molar-refractivity contribution in [2.75, 3.05) is 6.54 Å². The van der Waals surface area contributed by atoms with Gasteiger partial charge in [0, 0.05) is 30.5 Å². The maximum Gasteiger partial charge on any atom is 0.227 e. The van der Waals surface area contributed by atoms with E-state index in [1.54, 1.807) is 0 Å². The highest BCUT2D eigenvalue weighted by molar-refractivity contribution is 5.80. The lowest BCUT2D eigenvalue weighted by atomic mass is 10.1. The summed E-state index contributed by atoms with van der Waals surface area (Å²) in [5, 5.41) is 8.97. The molecule has 1 atom stereocenters. The van der Waals surface area contributed by atoms with Crippen LogP contribution in [0.2, 0.25) is 0 Å². The summed E-state index contributed by atoms with van der Waals surface area (Å²) >= 11 is 0. The van der Waals surface area contributed by atoms with Gasteiger partial charge in [0.15, 0.2) is 0 Å². The fourth-order valence-electron chi connectivity index (χ4n) is 3.74. The molecule has 0 radical (unpaired) electrons. The Morgan fingerprint density at radius 3 is 2.58 bits per heavy atom. The van der Waals surface area contributed by atoms with Gasteiger partial charge in [0.05, 0.1) is 30.4 Å². The van der Waals surface area contributed by atoms with E-state index in [1.165, 1.54) is 0 Å². The van der Waals surface area contributed by atoms with Gasteiger partial charge in [0.2, 0.25) is 5.91 Å². The number of aromatic nitrogens is 4. The lowest BCUT2D eigenvalue weighted by molar-refractivity contribution is -0.131. The zero-order chi connectivity index (χ0) is 17.4. The number of carbonyl (C=O) groups excluding carboxylic acids is 1. The molecule has 1 fully saturated rings. The first kappa shape index (κ1) is 16.7. The summed E-state index contributed by atoms with van der Waals surface area (Å²) in [6.07, 6.45) is 2.56. The van der Waals surface area contributed by atoms with Crippen LogP contribution < -0.4 is 0 Å². The van der Waals surface area contributed by atoms with E-state index in [4.69, 9.17) is 0 Å². The smallest absolute Gasteiger partial charge is 0.227 e. The van der Waals surface area contributed by atoms with Crippen LogP contribution in [0.4, 0.5) is 0 Å². The second kappa shape index (κ2) is 6.42. The monoisotopic (exact) mass is 329 g/mol. The number of hydrogen-bond donors (Lipinski definition) is 0. The van der Waals surface area contributed by atoms with Gasteiger partial charge in [0.1, 0.15) is 0 Å². The lowest BCUT2D eigenvalue weighted by Gasteiger charge is -2.25. The van der Waals surface area contributed by atoms with Crippen molar-refractivity contribution in [3.8, 4) is 0 Å². The molecule has 1 aliphatic heterocycles. The highest BCUT2D eigenvalue weighted by Gasteiger charge is 2.30. The van der Waals surface area contributed by atoms with E-state index in [-0.39, 0.29) is 11.9 Å². The molecule has 0 bridgehead atoms. The van der Waals surface area contributed by atoms with E-state index in [1.807, 2.05) is 42.1 Å². The normalized spacial score (nSPS) is 17.7. The minimum atomic E-state index is 0.207. The van der Waals surface area contributed by atoms with Crippen molar-refractivity contribution in [2.24, 2.45) is 7.05 Å². The maximum atomic E-state index is 12.9. The van der Waals surface area contributed by atoms with Crippen LogP contribution in [-0.2, 0) is 24.8 Å². The standard InChI is InChI=1S/C18H27N5O/c1-12-9-13(2)23(19-12)11-16-7-6-8-22(16)18(24)10-17-14(3)20-21(5)15(17)4/h9,16H,6-8,10-11H2,1-5H3. The summed E-state index contributed by atoms with van der Waals surface area (Å²) in [6, 6.07) is 2.33. The van der Waals surface area contributed by atoms with Crippen molar-refractivity contribution in [2.45, 2.75) is 59.5 Å². The van der Waals surface area contributed by atoms with Crippen molar-refractivity contribution in [3.05, 3.63) is 34.4 Å². The van der Waals surface area contributed by atoms with E-state index in [0.717, 1.165) is 54.3 Å². The average molecular weight is 329 g/mol. The zero-order valence-electron chi connectivity index (χ0n) is 15.3. The number of carbonyl (C=O) groups is 1. The maximum absolute atomic E-state index is 12.9. The van der Waals surface area contributed by atoms with E-state index in [2.05, 4.69) is 23.2 Å². The Bertz CT molecular complexity index is 758. The van der Waals surface area contributed by atoms with E-state index >= 15 is 0 Å². The highest BCUT2D eigenvalue weighted by atomic mass is 16.2. The Kier molecular flexibility index (Phi) is 4.47. The average Bonchev–Trinajstić information content (AvgIpc) is 3.16. The van der Waals surface area contributed by atoms with Crippen molar-refractivity contribution >= 4 is 5.91 Å². The molecule has 0 aliphatic carbocycles. The molecule has 24 heavy (non-hydrogen) atoms. The van der Waals surface area contributed by atoms with Crippen molar-refractivity contribution < 1.29 is 4.79 Å². The minimum Gasteiger partial charge on any atom is -0.338 e. The molecular formula is C18H27N5O. The van der Waals surface area contributed by atoms with Gasteiger partial charge in [-0.1, -0.05) is 0 Å². The first-order valence-electron chi connectivity index (χ1n) is 8.66. The molecule has 1 aliphatic rings. The summed E-state index contributed by atoms with van der Waals surface area (Å²) in [5.74, 6) is 0.207. The second-order valence-electron chi connectivity index (χ2n) is 6.94. The van der Waals surface area contributed by atoms with Crippen LogP contribution in [0.3, 0.4) is 0 Å². The Morgan fingerprint density at radius 1 is 1.25 bits per heavy atom. The minimum absolute atomic E-state index is 0.207. The second-order valence-corrected chi connectivity index (χ2v) is 6.94. The summed E-state index contributed by atoms with van der Waals surface area (Å²) < 4.78 is 3.89. The topological polar surface area (TPSA) is 56.0 Å². The van der Waals surface area contributed by atoms with Gasteiger partial charge in [-0.3, -0.25) is 14.2 Å². The lowest BCUT2D eigenvalue weighted by Crippen LogP contribution is -2.39. The van der Waals surface area contributed by atoms with Gasteiger partial charge < -0.3 is 4.90 Å². The van der Waals surface area contributed by atoms with Gasteiger partial charge in [0.25, 0.3) is 0 Å². The Morgan fingerprint density at radius 2 is 2.00 bits per heavy atom. The molecule has 0 saturated carbocycles. The number of likely N-dealkylation sites (tertiary alicyclic amines) is 1. The van der Waals surface area contributed by atoms with Gasteiger partial charge in [-0.25, -0.2) is 0 Å². The molecule has 3 rings (SSSR count). The molecule has 0 spiro atoms. The third-order valence-corrected chi connectivity index (χ3v) is 5.17. The largest absolute Gasteiger partial charge is 0.338 e. The number of amides is 1. The molecule has 130 valence electrons. The molecule has 1 saturated heterocycles. The molecule has 1 unspecified atom stereocenters. The van der Waals surface area contributed by atoms with Crippen molar-refractivity contribution in [3.63, 3.8) is 0 Å². The predicted molar refractivity (Wildman–Crippen MR) is 92.8 cm³/mol. The predicted octanol–water partition coefficient (Wildman–Crippen LogP) is 2.08. The molecule has 6 heteroatoms. The quantitative estimate of drug-likeness (QED) is 0.863. The summed E-state index contributed by atoms with van der Waals surface area (Å²) in [4.78, 5) is 14.9. The van der Waals surface area contributed by atoms with Crippen LogP contribution in [0, 0.1) is 27.7 Å². The van der Waals surface area contributed by atoms with Crippen LogP contribution in [0.25, 0.3) is 0 Å². The molecule has 3 heterocycles. The fraction of sp³-hybridized carbons (Fsp3) is 0.611. The van der Waals surface area contributed by atoms with Crippen LogP contribution >= 0.6 is 0 Å². The van der Waals surface area contributed by atoms with Crippen LogP contribution in [0.1, 0.15) is 41.2 Å².